The van der Waals surface area contributed by atoms with E-state index in [1.807, 2.05) is 5.54 Å². The maximum Gasteiger partial charge on any atom is 4.00 e. The number of fused-ring (bicyclic) bond motifs is 7. The van der Waals surface area contributed by atoms with Gasteiger partial charge < -0.3 is 50.9 Å². The van der Waals surface area contributed by atoms with E-state index in [0.717, 1.165) is 0 Å². The molecule has 0 spiro atoms. The Balaban J connectivity index is 0.00000136. The predicted octanol–water partition coefficient (Wildman–Crippen LogP) is 5.06. The molecule has 0 N–H and O–H groups in total. The molecule has 7 aromatic rings. The second-order valence-corrected chi connectivity index (χ2v) is 21.5. The van der Waals surface area contributed by atoms with Crippen molar-refractivity contribution in [2.45, 2.75) is 57.0 Å². The molecule has 4 aliphatic rings. The summed E-state index contributed by atoms with van der Waals surface area (Å²) < 4.78 is 0. The molecule has 1 saturated heterocycles. The first-order valence-electron chi connectivity index (χ1n) is 20.5. The fourth-order valence-corrected chi connectivity index (χ4v) is 19.6. The summed E-state index contributed by atoms with van der Waals surface area (Å²) in [5.41, 5.74) is 17.8. The Labute approximate surface area is 403 Å². The van der Waals surface area contributed by atoms with Crippen LogP contribution >= 0.6 is 0 Å². The number of allylic oxidation sites excluding steroid dienone is 3. The van der Waals surface area contributed by atoms with Crippen LogP contribution in [0.25, 0.3) is 50.9 Å². The summed E-state index contributed by atoms with van der Waals surface area (Å²) in [6, 6.07) is 57.7. The van der Waals surface area contributed by atoms with Gasteiger partial charge in [-0.05, 0) is 87.2 Å². The second kappa shape index (κ2) is 16.7. The van der Waals surface area contributed by atoms with Gasteiger partial charge in [-0.3, -0.25) is 5.54 Å². The molecule has 296 valence electrons. The average molecular weight is 1020 g/mol. The number of hydrogen-bond acceptors (Lipinski definition) is 0. The van der Waals surface area contributed by atoms with Gasteiger partial charge in [0.2, 0.25) is 0 Å². The van der Waals surface area contributed by atoms with Gasteiger partial charge >= 0.3 is 21.7 Å². The first kappa shape index (κ1) is 44.7. The van der Waals surface area contributed by atoms with Crippen LogP contribution in [0.2, 0.25) is 11.6 Å². The van der Waals surface area contributed by atoms with E-state index in [1.54, 1.807) is 5.19 Å². The van der Waals surface area contributed by atoms with Crippen molar-refractivity contribution in [3.05, 3.63) is 207 Å². The smallest absolute Gasteiger partial charge is 1.00 e. The Kier molecular flexibility index (Phi) is 12.5. The topological polar surface area (TPSA) is 0 Å². The molecule has 0 nitrogen and oxygen atoms in total. The normalized spacial score (nSPS) is 23.7. The predicted molar refractivity (Wildman–Crippen MR) is 242 cm³/mol. The summed E-state index contributed by atoms with van der Waals surface area (Å²) in [6.07, 6.45) is 7.66. The van der Waals surface area contributed by atoms with E-state index < -0.39 is 8.07 Å². The summed E-state index contributed by atoms with van der Waals surface area (Å²) in [5.74, 6) is 1.23. The molecule has 0 aromatic heterocycles. The van der Waals surface area contributed by atoms with Crippen molar-refractivity contribution in [1.82, 2.24) is 0 Å². The monoisotopic (exact) mass is 1020 g/mol. The molecule has 0 saturated carbocycles. The quantitative estimate of drug-likeness (QED) is 0.162. The fraction of sp³-hybridized carbons (Fsp3) is 0.182. The molecule has 6 atom stereocenters. The van der Waals surface area contributed by atoms with Crippen LogP contribution in [0.15, 0.2) is 168 Å². The van der Waals surface area contributed by atoms with Gasteiger partial charge in [-0.1, -0.05) is 225 Å². The molecule has 3 aliphatic carbocycles. The Morgan fingerprint density at radius 1 is 0.517 bits per heavy atom. The summed E-state index contributed by atoms with van der Waals surface area (Å²) in [7, 11) is -2.43. The van der Waals surface area contributed by atoms with Gasteiger partial charge in [0, 0.05) is 5.92 Å². The van der Waals surface area contributed by atoms with Crippen molar-refractivity contribution < 1.29 is 72.7 Å². The van der Waals surface area contributed by atoms with Crippen LogP contribution in [0, 0.1) is 11.5 Å². The molecule has 11 rings (SSSR count). The van der Waals surface area contributed by atoms with E-state index >= 15 is 0 Å². The molecule has 0 radical (unpaired) electrons. The number of rotatable bonds is 6. The van der Waals surface area contributed by atoms with Crippen LogP contribution in [0.5, 0.6) is 0 Å². The molecule has 7 aromatic carbocycles. The van der Waals surface area contributed by atoms with Crippen molar-refractivity contribution in [1.29, 1.82) is 0 Å². The zero-order valence-corrected chi connectivity index (χ0v) is 41.9. The molecule has 1 aliphatic heterocycles. The van der Waals surface area contributed by atoms with Crippen molar-refractivity contribution in [2.75, 3.05) is 0 Å². The van der Waals surface area contributed by atoms with Gasteiger partial charge in [-0.2, -0.15) is 5.04 Å². The standard InChI is InChI=1S/C55H47Si.3BrH.Ti/c1-34-31-49-42-23-14-12-19-39(42)27-29-46(49)51(34)37(4)55(53-36(3)33-50-43-24-15-13-20-40(43)28-30-47(50)53)54(56(55,5)41-21-10-7-11-22-41)52-35(2)32-48-44(25-16-26-45(48)52)38-17-8-6-9-18-38;;;;/h6-33,37,51-53H,1-5H3;3*1H;/q-1;;;;+4/p-3. The maximum atomic E-state index is 2.77. The zero-order valence-electron chi connectivity index (χ0n) is 34.6. The van der Waals surface area contributed by atoms with Crippen LogP contribution in [-0.2, 0) is 21.7 Å². The minimum absolute atomic E-state index is 0. The van der Waals surface area contributed by atoms with Crippen molar-refractivity contribution >= 4 is 53.0 Å². The van der Waals surface area contributed by atoms with E-state index in [1.165, 1.54) is 82.8 Å². The van der Waals surface area contributed by atoms with Gasteiger partial charge in [0.15, 0.2) is 0 Å². The van der Waals surface area contributed by atoms with E-state index in [-0.39, 0.29) is 89.5 Å². The van der Waals surface area contributed by atoms with E-state index in [2.05, 4.69) is 204 Å². The Morgan fingerprint density at radius 2 is 1.05 bits per heavy atom. The number of hydrogen-bond donors (Lipinski definition) is 0. The van der Waals surface area contributed by atoms with Crippen LogP contribution in [-0.4, -0.2) is 8.07 Å². The van der Waals surface area contributed by atoms with Crippen molar-refractivity contribution in [2.24, 2.45) is 5.92 Å². The van der Waals surface area contributed by atoms with Gasteiger partial charge in [0.25, 0.3) is 0 Å². The zero-order chi connectivity index (χ0) is 37.9. The second-order valence-electron chi connectivity index (χ2n) is 17.3. The van der Waals surface area contributed by atoms with Crippen LogP contribution < -0.4 is 56.1 Å². The summed E-state index contributed by atoms with van der Waals surface area (Å²) >= 11 is 0. The first-order valence-corrected chi connectivity index (χ1v) is 23.0. The molecule has 0 bridgehead atoms. The summed E-state index contributed by atoms with van der Waals surface area (Å²) in [4.78, 5) is 0. The van der Waals surface area contributed by atoms with Gasteiger partial charge in [-0.25, -0.2) is 0 Å². The van der Waals surface area contributed by atoms with Crippen LogP contribution in [0.4, 0.5) is 0 Å². The third kappa shape index (κ3) is 6.17. The maximum absolute atomic E-state index is 2.77. The largest absolute Gasteiger partial charge is 4.00 e. The van der Waals surface area contributed by atoms with E-state index in [9.17, 15) is 0 Å². The molecule has 0 amide bonds. The first-order chi connectivity index (χ1) is 27.3. The van der Waals surface area contributed by atoms with E-state index in [0.29, 0.717) is 11.8 Å². The minimum Gasteiger partial charge on any atom is -1.00 e. The fourth-order valence-electron chi connectivity index (χ4n) is 12.6. The average Bonchev–Trinajstić information content (AvgIpc) is 3.54. The Morgan fingerprint density at radius 3 is 1.70 bits per heavy atom. The minimum atomic E-state index is -2.43. The third-order valence-corrected chi connectivity index (χ3v) is 20.5. The van der Waals surface area contributed by atoms with Gasteiger partial charge in [0.1, 0.15) is 0 Å². The number of benzene rings is 7. The molecule has 5 heteroatoms. The molecule has 1 fully saturated rings. The number of halogens is 3. The molecular formula is C55H47Br3SiTi. The van der Waals surface area contributed by atoms with E-state index in [4.69, 9.17) is 0 Å². The summed E-state index contributed by atoms with van der Waals surface area (Å²) in [5, 5.41) is 6.93. The third-order valence-electron chi connectivity index (χ3n) is 14.8. The van der Waals surface area contributed by atoms with Crippen molar-refractivity contribution in [3.8, 4) is 11.1 Å². The Hall–Kier alpha value is -3.35. The van der Waals surface area contributed by atoms with Gasteiger partial charge in [0.05, 0.1) is 0 Å². The van der Waals surface area contributed by atoms with Crippen LogP contribution in [0.3, 0.4) is 0 Å². The van der Waals surface area contributed by atoms with Crippen molar-refractivity contribution in [3.63, 3.8) is 0 Å². The molecule has 1 heterocycles. The molecular weight excluding hydrogens is 976 g/mol. The molecule has 6 unspecified atom stereocenters. The Bertz CT molecular complexity index is 2860. The van der Waals surface area contributed by atoms with Gasteiger partial charge in [-0.15, -0.1) is 5.92 Å². The summed E-state index contributed by atoms with van der Waals surface area (Å²) in [6.45, 7) is 12.7. The SMILES string of the molecule is CC1=Cc2c(-c3ccccc3)cccc2C1[C-]1C(C2C(C)=Cc3c2ccc2ccccc32)(C(C)C2C(C)=Cc3c2ccc2ccccc32)[Si]1(C)c1ccccc1.[Br-].[Br-].[Br-].[Ti+4]. The molecule has 60 heavy (non-hydrogen) atoms. The van der Waals surface area contributed by atoms with Crippen LogP contribution in [0.1, 0.15) is 78.8 Å².